The fourth-order valence-corrected chi connectivity index (χ4v) is 1.58. The number of nitrogens with zero attached hydrogens (tertiary/aromatic N) is 1. The van der Waals surface area contributed by atoms with Crippen LogP contribution < -0.4 is 10.1 Å². The number of nitrogens with one attached hydrogen (secondary N) is 1. The molecule has 1 heterocycles. The maximum Gasteiger partial charge on any atom is 0.215 e. The molecule has 0 amide bonds. The lowest BCUT2D eigenvalue weighted by atomic mass is 10.2. The first kappa shape index (κ1) is 12.4. The molecule has 0 bridgehead atoms. The summed E-state index contributed by atoms with van der Waals surface area (Å²) < 4.78 is 5.66. The molecule has 0 unspecified atom stereocenters. The third-order valence-electron chi connectivity index (χ3n) is 2.51. The van der Waals surface area contributed by atoms with Crippen LogP contribution in [0.15, 0.2) is 48.5 Å². The van der Waals surface area contributed by atoms with E-state index in [4.69, 9.17) is 4.74 Å². The van der Waals surface area contributed by atoms with E-state index in [9.17, 15) is 0 Å². The third-order valence-corrected chi connectivity index (χ3v) is 2.51. The first-order valence-electron chi connectivity index (χ1n) is 6.26. The van der Waals surface area contributed by atoms with E-state index in [0.29, 0.717) is 12.5 Å². The summed E-state index contributed by atoms with van der Waals surface area (Å²) in [6.45, 7) is 3.60. The zero-order valence-electron chi connectivity index (χ0n) is 10.6. The van der Waals surface area contributed by atoms with Gasteiger partial charge in [-0.15, -0.1) is 0 Å². The predicted molar refractivity (Wildman–Crippen MR) is 73.8 cm³/mol. The quantitative estimate of drug-likeness (QED) is 0.842. The van der Waals surface area contributed by atoms with Gasteiger partial charge in [0, 0.05) is 12.6 Å². The van der Waals surface area contributed by atoms with Gasteiger partial charge in [0.25, 0.3) is 0 Å². The average Bonchev–Trinajstić information content (AvgIpc) is 2.44. The fourth-order valence-electron chi connectivity index (χ4n) is 1.58. The molecule has 3 heteroatoms. The highest BCUT2D eigenvalue weighted by atomic mass is 16.5. The number of pyridine rings is 1. The lowest BCUT2D eigenvalue weighted by molar-refractivity contribution is 0.294. The number of aromatic nitrogens is 1. The molecule has 0 saturated heterocycles. The molecule has 0 atom stereocenters. The molecule has 0 aliphatic carbocycles. The average molecular weight is 242 g/mol. The molecule has 3 nitrogen and oxygen atoms in total. The highest BCUT2D eigenvalue weighted by Gasteiger charge is 1.98. The molecular weight excluding hydrogens is 224 g/mol. The van der Waals surface area contributed by atoms with Gasteiger partial charge in [-0.05, 0) is 18.1 Å². The lowest BCUT2D eigenvalue weighted by Crippen LogP contribution is -2.03. The van der Waals surface area contributed by atoms with Gasteiger partial charge < -0.3 is 10.1 Å². The van der Waals surface area contributed by atoms with Crippen LogP contribution in [-0.2, 0) is 6.61 Å². The van der Waals surface area contributed by atoms with Crippen molar-refractivity contribution in [2.45, 2.75) is 20.0 Å². The summed E-state index contributed by atoms with van der Waals surface area (Å²) in [4.78, 5) is 4.39. The minimum Gasteiger partial charge on any atom is -0.473 e. The van der Waals surface area contributed by atoms with Crippen molar-refractivity contribution in [1.82, 2.24) is 4.98 Å². The molecule has 94 valence electrons. The summed E-state index contributed by atoms with van der Waals surface area (Å²) in [5, 5.41) is 3.24. The Bertz CT molecular complexity index is 471. The first-order chi connectivity index (χ1) is 8.88. The highest BCUT2D eigenvalue weighted by molar-refractivity contribution is 5.36. The zero-order valence-corrected chi connectivity index (χ0v) is 10.6. The van der Waals surface area contributed by atoms with Gasteiger partial charge in [0.15, 0.2) is 0 Å². The first-order valence-corrected chi connectivity index (χ1v) is 6.26. The van der Waals surface area contributed by atoms with E-state index in [1.54, 1.807) is 0 Å². The van der Waals surface area contributed by atoms with Crippen molar-refractivity contribution < 1.29 is 4.74 Å². The number of anilines is 1. The normalized spacial score (nSPS) is 10.1. The van der Waals surface area contributed by atoms with Gasteiger partial charge in [-0.25, -0.2) is 0 Å². The molecule has 18 heavy (non-hydrogen) atoms. The molecule has 0 aliphatic rings. The zero-order chi connectivity index (χ0) is 12.6. The van der Waals surface area contributed by atoms with Gasteiger partial charge in [-0.2, -0.15) is 4.98 Å². The number of hydrogen-bond acceptors (Lipinski definition) is 3. The van der Waals surface area contributed by atoms with E-state index >= 15 is 0 Å². The molecule has 1 N–H and O–H groups in total. The Balaban J connectivity index is 1.93. The van der Waals surface area contributed by atoms with Gasteiger partial charge in [0.05, 0.1) is 0 Å². The van der Waals surface area contributed by atoms with Crippen LogP contribution in [0.3, 0.4) is 0 Å². The van der Waals surface area contributed by atoms with Crippen LogP contribution in [0, 0.1) is 0 Å². The predicted octanol–water partition coefficient (Wildman–Crippen LogP) is 3.48. The van der Waals surface area contributed by atoms with Crippen LogP contribution in [0.5, 0.6) is 5.88 Å². The van der Waals surface area contributed by atoms with E-state index in [1.807, 2.05) is 48.5 Å². The Kier molecular flexibility index (Phi) is 4.59. The minimum atomic E-state index is 0.547. The van der Waals surface area contributed by atoms with Crippen molar-refractivity contribution in [3.05, 3.63) is 54.1 Å². The standard InChI is InChI=1S/C15H18N2O/c1-2-11-16-14-9-6-10-15(17-14)18-12-13-7-4-3-5-8-13/h3-10H,2,11-12H2,1H3,(H,16,17). The molecule has 0 saturated carbocycles. The van der Waals surface area contributed by atoms with Gasteiger partial charge in [-0.1, -0.05) is 43.3 Å². The number of rotatable bonds is 6. The second-order valence-electron chi connectivity index (χ2n) is 4.06. The Morgan fingerprint density at radius 3 is 2.67 bits per heavy atom. The largest absolute Gasteiger partial charge is 0.473 e. The Hall–Kier alpha value is -2.03. The summed E-state index contributed by atoms with van der Waals surface area (Å²) in [5.74, 6) is 1.52. The van der Waals surface area contributed by atoms with Crippen molar-refractivity contribution in [1.29, 1.82) is 0 Å². The summed E-state index contributed by atoms with van der Waals surface area (Å²) in [6.07, 6.45) is 1.08. The van der Waals surface area contributed by atoms with E-state index in [2.05, 4.69) is 17.2 Å². The van der Waals surface area contributed by atoms with Gasteiger partial charge in [-0.3, -0.25) is 0 Å². The highest BCUT2D eigenvalue weighted by Crippen LogP contribution is 2.13. The van der Waals surface area contributed by atoms with Crippen molar-refractivity contribution in [2.24, 2.45) is 0 Å². The monoisotopic (exact) mass is 242 g/mol. The van der Waals surface area contributed by atoms with Crippen molar-refractivity contribution in [3.8, 4) is 5.88 Å². The molecule has 0 aliphatic heterocycles. The lowest BCUT2D eigenvalue weighted by Gasteiger charge is -2.08. The Labute approximate surface area is 108 Å². The summed E-state index contributed by atoms with van der Waals surface area (Å²) in [5.41, 5.74) is 1.14. The molecule has 2 aromatic rings. The van der Waals surface area contributed by atoms with E-state index in [0.717, 1.165) is 24.3 Å². The summed E-state index contributed by atoms with van der Waals surface area (Å²) >= 11 is 0. The second-order valence-corrected chi connectivity index (χ2v) is 4.06. The van der Waals surface area contributed by atoms with Gasteiger partial charge in [0.2, 0.25) is 5.88 Å². The third kappa shape index (κ3) is 3.77. The van der Waals surface area contributed by atoms with Crippen LogP contribution in [0.2, 0.25) is 0 Å². The van der Waals surface area contributed by atoms with E-state index < -0.39 is 0 Å². The van der Waals surface area contributed by atoms with Crippen LogP contribution >= 0.6 is 0 Å². The molecule has 1 aromatic carbocycles. The molecule has 0 spiro atoms. The smallest absolute Gasteiger partial charge is 0.215 e. The summed E-state index contributed by atoms with van der Waals surface area (Å²) in [7, 11) is 0. The fraction of sp³-hybridized carbons (Fsp3) is 0.267. The maximum absolute atomic E-state index is 5.66. The van der Waals surface area contributed by atoms with Gasteiger partial charge >= 0.3 is 0 Å². The van der Waals surface area contributed by atoms with Crippen LogP contribution in [-0.4, -0.2) is 11.5 Å². The molecule has 0 fully saturated rings. The summed E-state index contributed by atoms with van der Waals surface area (Å²) in [6, 6.07) is 15.9. The van der Waals surface area contributed by atoms with Crippen molar-refractivity contribution >= 4 is 5.82 Å². The number of ether oxygens (including phenoxy) is 1. The second kappa shape index (κ2) is 6.64. The maximum atomic E-state index is 5.66. The number of benzene rings is 1. The molecular formula is C15H18N2O. The molecule has 1 aromatic heterocycles. The van der Waals surface area contributed by atoms with Crippen molar-refractivity contribution in [3.63, 3.8) is 0 Å². The molecule has 0 radical (unpaired) electrons. The number of hydrogen-bond donors (Lipinski definition) is 1. The minimum absolute atomic E-state index is 0.547. The molecule has 2 rings (SSSR count). The van der Waals surface area contributed by atoms with Crippen molar-refractivity contribution in [2.75, 3.05) is 11.9 Å². The topological polar surface area (TPSA) is 34.1 Å². The van der Waals surface area contributed by atoms with Crippen LogP contribution in [0.25, 0.3) is 0 Å². The Morgan fingerprint density at radius 2 is 1.89 bits per heavy atom. The van der Waals surface area contributed by atoms with E-state index in [1.165, 1.54) is 0 Å². The van der Waals surface area contributed by atoms with Crippen LogP contribution in [0.1, 0.15) is 18.9 Å². The van der Waals surface area contributed by atoms with Crippen LogP contribution in [0.4, 0.5) is 5.82 Å². The van der Waals surface area contributed by atoms with Gasteiger partial charge in [0.1, 0.15) is 12.4 Å². The Morgan fingerprint density at radius 1 is 1.06 bits per heavy atom. The van der Waals surface area contributed by atoms with E-state index in [-0.39, 0.29) is 0 Å². The SMILES string of the molecule is CCCNc1cccc(OCc2ccccc2)n1.